The van der Waals surface area contributed by atoms with Crippen molar-refractivity contribution in [2.24, 2.45) is 0 Å². The van der Waals surface area contributed by atoms with E-state index in [0.29, 0.717) is 0 Å². The van der Waals surface area contributed by atoms with Crippen molar-refractivity contribution < 1.29 is 15.3 Å². The third kappa shape index (κ3) is 1.46. The number of rotatable bonds is 0. The van der Waals surface area contributed by atoms with E-state index < -0.39 is 11.7 Å². The van der Waals surface area contributed by atoms with Gasteiger partial charge in [-0.1, -0.05) is 5.76 Å². The Hall–Kier alpha value is -0.860. The first-order valence-corrected chi connectivity index (χ1v) is 1.40. The van der Waals surface area contributed by atoms with E-state index in [-0.39, 0.29) is 0 Å². The van der Waals surface area contributed by atoms with Gasteiger partial charge < -0.3 is 15.3 Å². The van der Waals surface area contributed by atoms with Crippen LogP contribution in [0.4, 0.5) is 0 Å². The maximum atomic E-state index is 9.61. The van der Waals surface area contributed by atoms with Gasteiger partial charge in [0.05, 0.1) is 0 Å². The van der Waals surface area contributed by atoms with Gasteiger partial charge in [0.15, 0.2) is 0 Å². The summed E-state index contributed by atoms with van der Waals surface area (Å²) in [6.07, 6.45) is 0. The minimum Gasteiger partial charge on any atom is -0.871 e. The van der Waals surface area contributed by atoms with Crippen molar-refractivity contribution in [3.8, 4) is 0 Å². The van der Waals surface area contributed by atoms with Crippen molar-refractivity contribution in [2.75, 3.05) is 0 Å². The molecule has 0 fully saturated rings. The summed E-state index contributed by atoms with van der Waals surface area (Å²) in [5.74, 6) is -1.84. The van der Waals surface area contributed by atoms with E-state index >= 15 is 0 Å². The van der Waals surface area contributed by atoms with E-state index in [0.717, 1.165) is 6.92 Å². The van der Waals surface area contributed by atoms with Gasteiger partial charge in [-0.25, -0.2) is 0 Å². The Morgan fingerprint density at radius 2 is 1.67 bits per heavy atom. The van der Waals surface area contributed by atoms with Gasteiger partial charge >= 0.3 is 0 Å². The molecule has 0 unspecified atom stereocenters. The Morgan fingerprint density at radius 3 is 1.67 bits per heavy atom. The summed E-state index contributed by atoms with van der Waals surface area (Å²) in [5, 5.41) is 25.1. The zero-order valence-corrected chi connectivity index (χ0v) is 3.30. The van der Waals surface area contributed by atoms with Crippen molar-refractivity contribution >= 4 is 0 Å². The molecule has 0 aromatic heterocycles. The van der Waals surface area contributed by atoms with E-state index in [2.05, 4.69) is 0 Å². The molecule has 36 valence electrons. The van der Waals surface area contributed by atoms with Crippen LogP contribution in [-0.4, -0.2) is 10.2 Å². The highest BCUT2D eigenvalue weighted by Gasteiger charge is 1.75. The van der Waals surface area contributed by atoms with Crippen LogP contribution in [0, 0.1) is 0 Å². The van der Waals surface area contributed by atoms with Crippen LogP contribution in [0.25, 0.3) is 0 Å². The minimum absolute atomic E-state index is 0.713. The molecule has 0 aliphatic carbocycles. The summed E-state index contributed by atoms with van der Waals surface area (Å²) in [6.45, 7) is 1.06. The predicted molar refractivity (Wildman–Crippen MR) is 18.0 cm³/mol. The van der Waals surface area contributed by atoms with Gasteiger partial charge in [-0.3, -0.25) is 0 Å². The van der Waals surface area contributed by atoms with Crippen molar-refractivity contribution in [3.05, 3.63) is 11.7 Å². The quantitative estimate of drug-likeness (QED) is 0.399. The zero-order chi connectivity index (χ0) is 5.15. The molecular formula is C3H5O3-. The van der Waals surface area contributed by atoms with Crippen molar-refractivity contribution in [1.82, 2.24) is 0 Å². The number of aliphatic hydroxyl groups excluding tert-OH is 1. The predicted octanol–water partition coefficient (Wildman–Crippen LogP) is -0.348. The fraction of sp³-hybridized carbons (Fsp3) is 0.333. The standard InChI is InChI=1S/C3H6O3/c1-2(4)3(5)6/h4-6H,1H3/p-1. The molecule has 0 atom stereocenters. The van der Waals surface area contributed by atoms with Gasteiger partial charge in [0.1, 0.15) is 0 Å². The van der Waals surface area contributed by atoms with Gasteiger partial charge in [0, 0.05) is 0 Å². The van der Waals surface area contributed by atoms with E-state index in [9.17, 15) is 5.11 Å². The van der Waals surface area contributed by atoms with E-state index in [1.807, 2.05) is 0 Å². The van der Waals surface area contributed by atoms with Crippen LogP contribution in [0.5, 0.6) is 0 Å². The molecule has 0 saturated heterocycles. The molecule has 0 aliphatic rings. The smallest absolute Gasteiger partial charge is 0.261 e. The molecule has 0 bridgehead atoms. The lowest BCUT2D eigenvalue weighted by molar-refractivity contribution is -0.310. The Balaban J connectivity index is 3.68. The third-order valence-corrected chi connectivity index (χ3v) is 0.315. The second kappa shape index (κ2) is 1.55. The van der Waals surface area contributed by atoms with Crippen molar-refractivity contribution in [1.29, 1.82) is 0 Å². The number of allylic oxidation sites excluding steroid dienone is 1. The molecule has 2 N–H and O–H groups in total. The van der Waals surface area contributed by atoms with Crippen LogP contribution in [-0.2, 0) is 0 Å². The molecule has 0 aromatic carbocycles. The molecule has 0 amide bonds. The van der Waals surface area contributed by atoms with Gasteiger partial charge in [0.2, 0.25) is 0 Å². The number of aliphatic hydroxyl groups is 2. The summed E-state index contributed by atoms with van der Waals surface area (Å²) in [5.41, 5.74) is 0. The van der Waals surface area contributed by atoms with E-state index in [4.69, 9.17) is 10.2 Å². The van der Waals surface area contributed by atoms with Crippen LogP contribution in [0.3, 0.4) is 0 Å². The minimum atomic E-state index is -1.13. The first-order chi connectivity index (χ1) is 2.64. The first-order valence-electron chi connectivity index (χ1n) is 1.40. The molecule has 3 heteroatoms. The molecule has 3 nitrogen and oxygen atoms in total. The lowest BCUT2D eigenvalue weighted by Gasteiger charge is -1.99. The largest absolute Gasteiger partial charge is 0.871 e. The average Bonchev–Trinajstić information content (AvgIpc) is 1.36. The highest BCUT2D eigenvalue weighted by atomic mass is 16.5. The monoisotopic (exact) mass is 89.0 g/mol. The first kappa shape index (κ1) is 5.14. The normalized spacial score (nSPS) is 7.50. The Bertz CT molecular complexity index is 56.1. The highest BCUT2D eigenvalue weighted by molar-refractivity contribution is 4.80. The summed E-state index contributed by atoms with van der Waals surface area (Å²) in [4.78, 5) is 0. The number of hydrogen-bond donors (Lipinski definition) is 2. The molecule has 0 aliphatic heterocycles. The van der Waals surface area contributed by atoms with Crippen LogP contribution < -0.4 is 5.11 Å². The molecule has 0 rings (SSSR count). The second-order valence-corrected chi connectivity index (χ2v) is 0.880. The molecule has 0 saturated carbocycles. The lowest BCUT2D eigenvalue weighted by Crippen LogP contribution is -2.01. The fourth-order valence-corrected chi connectivity index (χ4v) is 0. The van der Waals surface area contributed by atoms with Gasteiger partial charge in [-0.2, -0.15) is 0 Å². The van der Waals surface area contributed by atoms with Gasteiger partial charge in [0.25, 0.3) is 5.95 Å². The topological polar surface area (TPSA) is 63.5 Å². The average molecular weight is 89.1 g/mol. The number of hydrogen-bond acceptors (Lipinski definition) is 3. The van der Waals surface area contributed by atoms with E-state index in [1.54, 1.807) is 0 Å². The Labute approximate surface area is 35.2 Å². The Morgan fingerprint density at radius 1 is 1.50 bits per heavy atom. The van der Waals surface area contributed by atoms with Crippen molar-refractivity contribution in [3.63, 3.8) is 0 Å². The van der Waals surface area contributed by atoms with Crippen LogP contribution in [0.1, 0.15) is 6.92 Å². The molecular weight excluding hydrogens is 84.0 g/mol. The maximum absolute atomic E-state index is 9.61. The summed E-state index contributed by atoms with van der Waals surface area (Å²) in [7, 11) is 0. The molecule has 0 radical (unpaired) electrons. The maximum Gasteiger partial charge on any atom is 0.261 e. The lowest BCUT2D eigenvalue weighted by atomic mass is 10.6. The van der Waals surface area contributed by atoms with E-state index in [1.165, 1.54) is 0 Å². The van der Waals surface area contributed by atoms with Crippen molar-refractivity contribution in [2.45, 2.75) is 6.92 Å². The van der Waals surface area contributed by atoms with Crippen LogP contribution in [0.2, 0.25) is 0 Å². The van der Waals surface area contributed by atoms with Gasteiger partial charge in [-0.05, 0) is 6.92 Å². The molecule has 0 heterocycles. The highest BCUT2D eigenvalue weighted by Crippen LogP contribution is 1.81. The fourth-order valence-electron chi connectivity index (χ4n) is 0. The zero-order valence-electron chi connectivity index (χ0n) is 3.30. The second-order valence-electron chi connectivity index (χ2n) is 0.880. The summed E-state index contributed by atoms with van der Waals surface area (Å²) >= 11 is 0. The van der Waals surface area contributed by atoms with Crippen LogP contribution in [0.15, 0.2) is 11.7 Å². The Kier molecular flexibility index (Phi) is 1.32. The molecule has 0 spiro atoms. The third-order valence-electron chi connectivity index (χ3n) is 0.315. The SMILES string of the molecule is CC([O-])=C(O)O. The summed E-state index contributed by atoms with van der Waals surface area (Å²) < 4.78 is 0. The molecule has 6 heavy (non-hydrogen) atoms. The summed E-state index contributed by atoms with van der Waals surface area (Å²) in [6, 6.07) is 0. The van der Waals surface area contributed by atoms with Crippen LogP contribution >= 0.6 is 0 Å². The molecule has 0 aromatic rings. The van der Waals surface area contributed by atoms with Gasteiger partial charge in [-0.15, -0.1) is 0 Å².